The summed E-state index contributed by atoms with van der Waals surface area (Å²) >= 11 is 0. The van der Waals surface area contributed by atoms with Gasteiger partial charge in [-0.1, -0.05) is 18.2 Å². The van der Waals surface area contributed by atoms with Crippen molar-refractivity contribution >= 4 is 29.3 Å². The molecule has 33 heavy (non-hydrogen) atoms. The number of pyridine rings is 1. The molecule has 1 aromatic heterocycles. The minimum atomic E-state index is -0.478. The third kappa shape index (κ3) is 4.52. The summed E-state index contributed by atoms with van der Waals surface area (Å²) in [6, 6.07) is 11.2. The first-order chi connectivity index (χ1) is 16.0. The highest BCUT2D eigenvalue weighted by molar-refractivity contribution is 6.08. The number of aromatic nitrogens is 1. The average Bonchev–Trinajstić information content (AvgIpc) is 3.65. The van der Waals surface area contributed by atoms with Crippen molar-refractivity contribution in [3.63, 3.8) is 0 Å². The summed E-state index contributed by atoms with van der Waals surface area (Å²) in [4.78, 5) is 32.0. The molecule has 172 valence electrons. The van der Waals surface area contributed by atoms with Gasteiger partial charge in [0.1, 0.15) is 11.2 Å². The third-order valence-corrected chi connectivity index (χ3v) is 6.53. The van der Waals surface area contributed by atoms with Gasteiger partial charge in [-0.25, -0.2) is 0 Å². The highest BCUT2D eigenvalue weighted by atomic mass is 16.2. The minimum absolute atomic E-state index is 0.0819. The van der Waals surface area contributed by atoms with E-state index in [1.807, 2.05) is 31.3 Å². The molecular weight excluding hydrogens is 416 g/mol. The summed E-state index contributed by atoms with van der Waals surface area (Å²) < 4.78 is 0. The van der Waals surface area contributed by atoms with Crippen LogP contribution in [0.3, 0.4) is 0 Å². The molecule has 0 bridgehead atoms. The van der Waals surface area contributed by atoms with E-state index in [9.17, 15) is 9.59 Å². The predicted molar refractivity (Wildman–Crippen MR) is 129 cm³/mol. The molecule has 8 heteroatoms. The Hall–Kier alpha value is -3.52. The quantitative estimate of drug-likeness (QED) is 0.442. The number of benzene rings is 1. The Morgan fingerprint density at radius 3 is 2.79 bits per heavy atom. The Morgan fingerprint density at radius 1 is 1.27 bits per heavy atom. The topological polar surface area (TPSA) is 110 Å². The summed E-state index contributed by atoms with van der Waals surface area (Å²) in [7, 11) is 3.65. The molecule has 2 amide bonds. The van der Waals surface area contributed by atoms with E-state index in [-0.39, 0.29) is 17.5 Å². The SMILES string of the molecule is CN/C=C(\C=N)c1cccc(CNC(=O)c2cc(N3CC[C@@](NC)(C4CC4)C3=O)ccn2)c1. The number of carbonyl (C=O) groups is 2. The number of allylic oxidation sites excluding steroid dienone is 1. The largest absolute Gasteiger partial charge is 0.393 e. The summed E-state index contributed by atoms with van der Waals surface area (Å²) in [5.41, 5.74) is 3.06. The Morgan fingerprint density at radius 2 is 2.09 bits per heavy atom. The molecule has 2 fully saturated rings. The molecule has 1 saturated heterocycles. The van der Waals surface area contributed by atoms with Crippen LogP contribution in [0.2, 0.25) is 0 Å². The van der Waals surface area contributed by atoms with Gasteiger partial charge in [0, 0.05) is 50.0 Å². The Labute approximate surface area is 194 Å². The number of rotatable bonds is 9. The molecule has 4 N–H and O–H groups in total. The van der Waals surface area contributed by atoms with E-state index in [0.717, 1.165) is 36.0 Å². The van der Waals surface area contributed by atoms with E-state index >= 15 is 0 Å². The van der Waals surface area contributed by atoms with Crippen molar-refractivity contribution in [3.8, 4) is 0 Å². The molecule has 8 nitrogen and oxygen atoms in total. The molecule has 0 unspecified atom stereocenters. The van der Waals surface area contributed by atoms with Crippen LogP contribution in [0.15, 0.2) is 48.8 Å². The summed E-state index contributed by atoms with van der Waals surface area (Å²) in [6.07, 6.45) is 7.55. The first-order valence-electron chi connectivity index (χ1n) is 11.2. The van der Waals surface area contributed by atoms with Gasteiger partial charge in [-0.05, 0) is 61.6 Å². The lowest BCUT2D eigenvalue weighted by Crippen LogP contribution is -2.52. The fraction of sp³-hybridized carbons (Fsp3) is 0.360. The van der Waals surface area contributed by atoms with Crippen molar-refractivity contribution in [1.82, 2.24) is 20.9 Å². The van der Waals surface area contributed by atoms with Crippen LogP contribution >= 0.6 is 0 Å². The lowest BCUT2D eigenvalue weighted by atomic mass is 9.91. The van der Waals surface area contributed by atoms with Gasteiger partial charge < -0.3 is 26.3 Å². The number of anilines is 1. The number of hydrogen-bond donors (Lipinski definition) is 4. The Kier molecular flexibility index (Phi) is 6.55. The zero-order valence-electron chi connectivity index (χ0n) is 19.0. The molecule has 1 atom stereocenters. The van der Waals surface area contributed by atoms with E-state index in [1.54, 1.807) is 36.5 Å². The smallest absolute Gasteiger partial charge is 0.270 e. The van der Waals surface area contributed by atoms with Crippen molar-refractivity contribution in [2.24, 2.45) is 5.92 Å². The molecule has 2 heterocycles. The van der Waals surface area contributed by atoms with Crippen LogP contribution in [-0.2, 0) is 11.3 Å². The monoisotopic (exact) mass is 446 g/mol. The number of nitrogens with one attached hydrogen (secondary N) is 4. The van der Waals surface area contributed by atoms with Crippen molar-refractivity contribution < 1.29 is 9.59 Å². The van der Waals surface area contributed by atoms with Gasteiger partial charge in [0.25, 0.3) is 5.91 Å². The lowest BCUT2D eigenvalue weighted by molar-refractivity contribution is -0.123. The Balaban J connectivity index is 1.44. The third-order valence-electron chi connectivity index (χ3n) is 6.53. The zero-order chi connectivity index (χ0) is 23.4. The van der Waals surface area contributed by atoms with Crippen LogP contribution in [-0.4, -0.2) is 49.2 Å². The summed E-state index contributed by atoms with van der Waals surface area (Å²) in [6.45, 7) is 0.958. The van der Waals surface area contributed by atoms with Gasteiger partial charge in [0.2, 0.25) is 5.91 Å². The van der Waals surface area contributed by atoms with Gasteiger partial charge >= 0.3 is 0 Å². The van der Waals surface area contributed by atoms with Gasteiger partial charge in [-0.2, -0.15) is 0 Å². The molecule has 4 rings (SSSR count). The zero-order valence-corrected chi connectivity index (χ0v) is 19.0. The van der Waals surface area contributed by atoms with Crippen LogP contribution in [0.25, 0.3) is 5.57 Å². The molecule has 1 aliphatic carbocycles. The normalized spacial score (nSPS) is 20.6. The fourth-order valence-corrected chi connectivity index (χ4v) is 4.58. The summed E-state index contributed by atoms with van der Waals surface area (Å²) in [5.74, 6) is 0.184. The second-order valence-electron chi connectivity index (χ2n) is 8.52. The van der Waals surface area contributed by atoms with Gasteiger partial charge in [-0.3, -0.25) is 14.6 Å². The average molecular weight is 447 g/mol. The molecule has 2 aliphatic rings. The summed E-state index contributed by atoms with van der Waals surface area (Å²) in [5, 5.41) is 16.7. The highest BCUT2D eigenvalue weighted by Crippen LogP contribution is 2.45. The molecule has 1 aromatic carbocycles. The number of nitrogens with zero attached hydrogens (tertiary/aromatic N) is 2. The van der Waals surface area contributed by atoms with Crippen molar-refractivity contribution in [3.05, 3.63) is 65.6 Å². The highest BCUT2D eigenvalue weighted by Gasteiger charge is 2.55. The van der Waals surface area contributed by atoms with E-state index in [1.165, 1.54) is 6.21 Å². The van der Waals surface area contributed by atoms with Crippen LogP contribution < -0.4 is 20.9 Å². The molecule has 1 aliphatic heterocycles. The van der Waals surface area contributed by atoms with Crippen molar-refractivity contribution in [2.75, 3.05) is 25.5 Å². The van der Waals surface area contributed by atoms with Gasteiger partial charge in [-0.15, -0.1) is 0 Å². The van der Waals surface area contributed by atoms with Gasteiger partial charge in [0.15, 0.2) is 0 Å². The fourth-order valence-electron chi connectivity index (χ4n) is 4.58. The number of hydrogen-bond acceptors (Lipinski definition) is 6. The van der Waals surface area contributed by atoms with Crippen LogP contribution in [0.1, 0.15) is 40.9 Å². The van der Waals surface area contributed by atoms with Crippen LogP contribution in [0.5, 0.6) is 0 Å². The minimum Gasteiger partial charge on any atom is -0.393 e. The maximum Gasteiger partial charge on any atom is 0.270 e. The second kappa shape index (κ2) is 9.54. The first kappa shape index (κ1) is 22.7. The predicted octanol–water partition coefficient (Wildman–Crippen LogP) is 2.33. The van der Waals surface area contributed by atoms with Crippen LogP contribution in [0, 0.1) is 11.3 Å². The molecule has 0 spiro atoms. The second-order valence-corrected chi connectivity index (χ2v) is 8.52. The maximum atomic E-state index is 13.2. The number of carbonyl (C=O) groups excluding carboxylic acids is 2. The standard InChI is InChI=1S/C25H30N6O2/c1-27-16-19(14-26)18-5-3-4-17(12-18)15-30-23(32)22-13-21(8-10-29-22)31-11-9-25(28-2,24(31)33)20-6-7-20/h3-5,8,10,12-14,16,20,26-28H,6-7,9,11,15H2,1-2H3,(H,30,32)/b19-16+,26-14?/t25-/m1/s1. The lowest BCUT2D eigenvalue weighted by Gasteiger charge is -2.27. The number of likely N-dealkylation sites (N-methyl/N-ethyl adjacent to an activating group) is 1. The Bertz CT molecular complexity index is 1090. The molecule has 1 saturated carbocycles. The first-order valence-corrected chi connectivity index (χ1v) is 11.2. The van der Waals surface area contributed by atoms with Gasteiger partial charge in [0.05, 0.1) is 0 Å². The van der Waals surface area contributed by atoms with E-state index in [0.29, 0.717) is 24.7 Å². The molecular formula is C25H30N6O2. The van der Waals surface area contributed by atoms with Crippen LogP contribution in [0.4, 0.5) is 5.69 Å². The maximum absolute atomic E-state index is 13.2. The van der Waals surface area contributed by atoms with E-state index in [2.05, 4.69) is 20.9 Å². The van der Waals surface area contributed by atoms with Crippen molar-refractivity contribution in [1.29, 1.82) is 5.41 Å². The van der Waals surface area contributed by atoms with Crippen molar-refractivity contribution in [2.45, 2.75) is 31.3 Å². The molecule has 2 aromatic rings. The number of amides is 2. The van der Waals surface area contributed by atoms with E-state index < -0.39 is 5.54 Å². The molecule has 0 radical (unpaired) electrons. The van der Waals surface area contributed by atoms with E-state index in [4.69, 9.17) is 5.41 Å².